The van der Waals surface area contributed by atoms with Crippen molar-refractivity contribution >= 4 is 6.09 Å². The first-order chi connectivity index (χ1) is 11.5. The number of ether oxygens (including phenoxy) is 1. The van der Waals surface area contributed by atoms with Crippen LogP contribution in [0.2, 0.25) is 0 Å². The molecule has 1 N–H and O–H groups in total. The summed E-state index contributed by atoms with van der Waals surface area (Å²) in [6.07, 6.45) is 3.24. The molecule has 2 heterocycles. The van der Waals surface area contributed by atoms with Crippen molar-refractivity contribution in [2.45, 2.75) is 83.7 Å². The van der Waals surface area contributed by atoms with E-state index in [-0.39, 0.29) is 16.9 Å². The topological polar surface area (TPSA) is 58.2 Å². The Hall–Kier alpha value is -1.52. The van der Waals surface area contributed by atoms with Crippen LogP contribution in [0.3, 0.4) is 0 Å². The van der Waals surface area contributed by atoms with Crippen LogP contribution in [0, 0.1) is 5.41 Å². The second kappa shape index (κ2) is 5.01. The number of hydrogen-bond donors (Lipinski definition) is 1. The van der Waals surface area contributed by atoms with Crippen molar-refractivity contribution in [1.82, 2.24) is 14.9 Å². The fraction of sp³-hybridized carbons (Fsp3) is 0.800. The van der Waals surface area contributed by atoms with Crippen molar-refractivity contribution < 1.29 is 9.53 Å². The summed E-state index contributed by atoms with van der Waals surface area (Å²) in [6.45, 7) is 14.3. The Morgan fingerprint density at radius 3 is 2.64 bits per heavy atom. The second-order valence-electron chi connectivity index (χ2n) is 9.94. The largest absolute Gasteiger partial charge is 0.444 e. The van der Waals surface area contributed by atoms with Crippen molar-refractivity contribution in [3.8, 4) is 0 Å². The molecule has 138 valence electrons. The van der Waals surface area contributed by atoms with Gasteiger partial charge in [-0.3, -0.25) is 0 Å². The molecular weight excluding hydrogens is 314 g/mol. The third-order valence-corrected chi connectivity index (χ3v) is 7.07. The Kier molecular flexibility index (Phi) is 3.39. The maximum absolute atomic E-state index is 12.3. The number of fused-ring (bicyclic) bond motifs is 5. The highest BCUT2D eigenvalue weighted by atomic mass is 16.6. The van der Waals surface area contributed by atoms with Gasteiger partial charge < -0.3 is 14.6 Å². The van der Waals surface area contributed by atoms with Gasteiger partial charge in [0.25, 0.3) is 0 Å². The molecule has 3 aliphatic rings. The number of carbonyl (C=O) groups is 1. The number of aromatic amines is 1. The fourth-order valence-corrected chi connectivity index (χ4v) is 5.18. The number of nitrogens with one attached hydrogen (secondary N) is 1. The summed E-state index contributed by atoms with van der Waals surface area (Å²) in [5, 5.41) is 0. The van der Waals surface area contributed by atoms with E-state index >= 15 is 0 Å². The molecule has 2 fully saturated rings. The SMILES string of the molecule is CC(C)(C)OC(=O)N1CCC(c2nc3c([nH]2)C2CCC3(C)C2(C)C)C1. The minimum atomic E-state index is -0.444. The lowest BCUT2D eigenvalue weighted by Crippen LogP contribution is -2.35. The summed E-state index contributed by atoms with van der Waals surface area (Å²) in [7, 11) is 0. The van der Waals surface area contributed by atoms with Crippen molar-refractivity contribution in [2.24, 2.45) is 5.41 Å². The van der Waals surface area contributed by atoms with E-state index in [1.54, 1.807) is 0 Å². The summed E-state index contributed by atoms with van der Waals surface area (Å²) < 4.78 is 5.51. The molecule has 0 spiro atoms. The summed E-state index contributed by atoms with van der Waals surface area (Å²) in [4.78, 5) is 22.8. The van der Waals surface area contributed by atoms with Crippen LogP contribution in [0.5, 0.6) is 0 Å². The first kappa shape index (κ1) is 16.9. The van der Waals surface area contributed by atoms with Crippen LogP contribution >= 0.6 is 0 Å². The number of carbonyl (C=O) groups excluding carboxylic acids is 1. The average Bonchev–Trinajstić information content (AvgIpc) is 3.18. The van der Waals surface area contributed by atoms with E-state index in [0.717, 1.165) is 18.8 Å². The normalized spacial score (nSPS) is 33.0. The van der Waals surface area contributed by atoms with Gasteiger partial charge in [0, 0.05) is 36.0 Å². The van der Waals surface area contributed by atoms with Gasteiger partial charge in [-0.05, 0) is 45.4 Å². The van der Waals surface area contributed by atoms with Crippen molar-refractivity contribution in [2.75, 3.05) is 13.1 Å². The molecule has 1 amide bonds. The van der Waals surface area contributed by atoms with Gasteiger partial charge in [0.2, 0.25) is 0 Å². The lowest BCUT2D eigenvalue weighted by Gasteiger charge is -2.34. The molecule has 0 aromatic carbocycles. The van der Waals surface area contributed by atoms with E-state index in [1.807, 2.05) is 25.7 Å². The zero-order valence-corrected chi connectivity index (χ0v) is 16.4. The van der Waals surface area contributed by atoms with Gasteiger partial charge in [-0.25, -0.2) is 9.78 Å². The van der Waals surface area contributed by atoms with Crippen molar-refractivity contribution in [3.05, 3.63) is 17.2 Å². The van der Waals surface area contributed by atoms with Crippen LogP contribution in [0.25, 0.3) is 0 Å². The van der Waals surface area contributed by atoms with Crippen molar-refractivity contribution in [1.29, 1.82) is 0 Å². The second-order valence-corrected chi connectivity index (χ2v) is 9.94. The van der Waals surface area contributed by atoms with E-state index < -0.39 is 5.60 Å². The van der Waals surface area contributed by atoms with Gasteiger partial charge >= 0.3 is 6.09 Å². The average molecular weight is 345 g/mol. The Balaban J connectivity index is 1.52. The number of imidazole rings is 1. The third kappa shape index (κ3) is 2.34. The highest BCUT2D eigenvalue weighted by Gasteiger charge is 2.61. The van der Waals surface area contributed by atoms with Gasteiger partial charge in [0.05, 0.1) is 5.69 Å². The predicted molar refractivity (Wildman–Crippen MR) is 96.9 cm³/mol. The molecule has 1 aromatic heterocycles. The van der Waals surface area contributed by atoms with Gasteiger partial charge in [-0.1, -0.05) is 20.8 Å². The Morgan fingerprint density at radius 1 is 1.28 bits per heavy atom. The molecule has 5 heteroatoms. The standard InChI is InChI=1S/C20H31N3O2/c1-18(2,3)25-17(24)23-10-8-12(11-23)16-21-14-13-7-9-20(6,15(14)22-16)19(13,4)5/h12-13H,7-11H2,1-6H3,(H,21,22). The minimum absolute atomic E-state index is 0.186. The summed E-state index contributed by atoms with van der Waals surface area (Å²) >= 11 is 0. The molecule has 1 aliphatic heterocycles. The van der Waals surface area contributed by atoms with E-state index in [4.69, 9.17) is 9.72 Å². The maximum Gasteiger partial charge on any atom is 0.410 e. The molecule has 4 rings (SSSR count). The molecule has 2 aliphatic carbocycles. The van der Waals surface area contributed by atoms with Crippen LogP contribution in [0.1, 0.15) is 89.9 Å². The van der Waals surface area contributed by atoms with E-state index in [2.05, 4.69) is 25.8 Å². The molecule has 1 aromatic rings. The molecule has 3 atom stereocenters. The Labute approximate surface area is 150 Å². The molecule has 1 saturated heterocycles. The number of aromatic nitrogens is 2. The van der Waals surface area contributed by atoms with Gasteiger partial charge in [-0.2, -0.15) is 0 Å². The quantitative estimate of drug-likeness (QED) is 0.825. The molecule has 25 heavy (non-hydrogen) atoms. The molecule has 5 nitrogen and oxygen atoms in total. The van der Waals surface area contributed by atoms with Crippen LogP contribution < -0.4 is 0 Å². The summed E-state index contributed by atoms with van der Waals surface area (Å²) in [5.74, 6) is 1.96. The zero-order chi connectivity index (χ0) is 18.2. The van der Waals surface area contributed by atoms with Gasteiger partial charge in [0.15, 0.2) is 0 Å². The molecule has 2 bridgehead atoms. The number of nitrogens with zero attached hydrogens (tertiary/aromatic N) is 2. The minimum Gasteiger partial charge on any atom is -0.444 e. The summed E-state index contributed by atoms with van der Waals surface area (Å²) in [5.41, 5.74) is 2.69. The maximum atomic E-state index is 12.3. The smallest absolute Gasteiger partial charge is 0.410 e. The molecular formula is C20H31N3O2. The predicted octanol–water partition coefficient (Wildman–Crippen LogP) is 4.31. The number of H-pyrrole nitrogens is 1. The number of likely N-dealkylation sites (tertiary alicyclic amines) is 1. The summed E-state index contributed by atoms with van der Waals surface area (Å²) in [6, 6.07) is 0. The highest BCUT2D eigenvalue weighted by molar-refractivity contribution is 5.68. The highest BCUT2D eigenvalue weighted by Crippen LogP contribution is 2.67. The lowest BCUT2D eigenvalue weighted by molar-refractivity contribution is 0.0292. The Bertz CT molecular complexity index is 715. The number of amides is 1. The molecule has 3 unspecified atom stereocenters. The van der Waals surface area contributed by atoms with Gasteiger partial charge in [0.1, 0.15) is 11.4 Å². The fourth-order valence-electron chi connectivity index (χ4n) is 5.18. The third-order valence-electron chi connectivity index (χ3n) is 7.07. The van der Waals surface area contributed by atoms with Crippen LogP contribution in [0.15, 0.2) is 0 Å². The first-order valence-electron chi connectivity index (χ1n) is 9.61. The van der Waals surface area contributed by atoms with E-state index in [9.17, 15) is 4.79 Å². The van der Waals surface area contributed by atoms with Crippen LogP contribution in [-0.2, 0) is 10.2 Å². The van der Waals surface area contributed by atoms with Crippen molar-refractivity contribution in [3.63, 3.8) is 0 Å². The first-order valence-corrected chi connectivity index (χ1v) is 9.61. The van der Waals surface area contributed by atoms with Crippen LogP contribution in [0.4, 0.5) is 4.79 Å². The zero-order valence-electron chi connectivity index (χ0n) is 16.4. The monoisotopic (exact) mass is 345 g/mol. The van der Waals surface area contributed by atoms with E-state index in [1.165, 1.54) is 24.2 Å². The molecule has 0 radical (unpaired) electrons. The molecule has 1 saturated carbocycles. The number of hydrogen-bond acceptors (Lipinski definition) is 3. The Morgan fingerprint density at radius 2 is 2.00 bits per heavy atom. The number of rotatable bonds is 1. The lowest BCUT2D eigenvalue weighted by atomic mass is 9.70. The van der Waals surface area contributed by atoms with E-state index in [0.29, 0.717) is 18.4 Å². The van der Waals surface area contributed by atoms with Crippen LogP contribution in [-0.4, -0.2) is 39.7 Å². The van der Waals surface area contributed by atoms with Gasteiger partial charge in [-0.15, -0.1) is 0 Å².